The number of carbonyl (C=O) groups excluding carboxylic acids is 1. The fourth-order valence-corrected chi connectivity index (χ4v) is 2.63. The molecule has 0 aliphatic rings. The molecule has 0 bridgehead atoms. The van der Waals surface area contributed by atoms with Crippen molar-refractivity contribution in [3.8, 4) is 22.8 Å². The van der Waals surface area contributed by atoms with Gasteiger partial charge in [0.2, 0.25) is 11.6 Å². The molecule has 0 radical (unpaired) electrons. The minimum atomic E-state index is -0.220. The summed E-state index contributed by atoms with van der Waals surface area (Å²) in [6, 6.07) is 28.2. The molecular weight excluding hydrogens is 322 g/mol. The Balaban J connectivity index is 1.87. The molecule has 0 atom stereocenters. The molecule has 0 saturated carbocycles. The van der Waals surface area contributed by atoms with Gasteiger partial charge in [-0.3, -0.25) is 4.79 Å². The Labute approximate surface area is 151 Å². The molecule has 0 fully saturated rings. The lowest BCUT2D eigenvalue weighted by Gasteiger charge is -2.07. The van der Waals surface area contributed by atoms with Gasteiger partial charge in [0.25, 0.3) is 0 Å². The predicted molar refractivity (Wildman–Crippen MR) is 101 cm³/mol. The van der Waals surface area contributed by atoms with Crippen molar-refractivity contribution in [1.82, 2.24) is 15.0 Å². The smallest absolute Gasteiger partial charge is 0.230 e. The van der Waals surface area contributed by atoms with Crippen LogP contribution in [0.2, 0.25) is 0 Å². The van der Waals surface area contributed by atoms with Gasteiger partial charge >= 0.3 is 0 Å². The average molecular weight is 337 g/mol. The van der Waals surface area contributed by atoms with E-state index in [9.17, 15) is 4.79 Å². The van der Waals surface area contributed by atoms with E-state index < -0.39 is 0 Å². The zero-order valence-electron chi connectivity index (χ0n) is 13.9. The highest BCUT2D eigenvalue weighted by atomic mass is 16.1. The van der Waals surface area contributed by atoms with Gasteiger partial charge in [-0.1, -0.05) is 91.0 Å². The molecule has 4 nitrogen and oxygen atoms in total. The summed E-state index contributed by atoms with van der Waals surface area (Å²) in [6.07, 6.45) is 0. The summed E-state index contributed by atoms with van der Waals surface area (Å²) in [5.74, 6) is 0.892. The summed E-state index contributed by atoms with van der Waals surface area (Å²) in [4.78, 5) is 26.3. The van der Waals surface area contributed by atoms with Crippen LogP contribution in [-0.2, 0) is 0 Å². The van der Waals surface area contributed by atoms with Crippen LogP contribution in [0.1, 0.15) is 16.2 Å². The quantitative estimate of drug-likeness (QED) is 0.517. The predicted octanol–water partition coefficient (Wildman–Crippen LogP) is 4.44. The summed E-state index contributed by atoms with van der Waals surface area (Å²) in [5.41, 5.74) is 2.24. The second-order valence-electron chi connectivity index (χ2n) is 5.73. The van der Waals surface area contributed by atoms with E-state index in [1.54, 1.807) is 12.1 Å². The van der Waals surface area contributed by atoms with Crippen LogP contribution in [0.4, 0.5) is 0 Å². The molecule has 124 valence electrons. The van der Waals surface area contributed by atoms with Crippen LogP contribution in [0.3, 0.4) is 0 Å². The maximum absolute atomic E-state index is 12.9. The minimum Gasteiger partial charge on any atom is -0.285 e. The molecule has 0 unspecified atom stereocenters. The summed E-state index contributed by atoms with van der Waals surface area (Å²) in [6.45, 7) is 0. The monoisotopic (exact) mass is 337 g/mol. The molecule has 0 aliphatic heterocycles. The van der Waals surface area contributed by atoms with E-state index in [4.69, 9.17) is 0 Å². The number of hydrogen-bond acceptors (Lipinski definition) is 4. The van der Waals surface area contributed by atoms with Gasteiger partial charge in [-0.2, -0.15) is 0 Å². The van der Waals surface area contributed by atoms with Gasteiger partial charge < -0.3 is 0 Å². The topological polar surface area (TPSA) is 55.7 Å². The second-order valence-corrected chi connectivity index (χ2v) is 5.73. The zero-order chi connectivity index (χ0) is 17.8. The molecule has 0 N–H and O–H groups in total. The lowest BCUT2D eigenvalue weighted by molar-refractivity contribution is 0.102. The maximum atomic E-state index is 12.9. The van der Waals surface area contributed by atoms with Gasteiger partial charge in [0.1, 0.15) is 0 Å². The average Bonchev–Trinajstić information content (AvgIpc) is 2.75. The fourth-order valence-electron chi connectivity index (χ4n) is 2.63. The molecular formula is C22H15N3O. The molecule has 4 heteroatoms. The van der Waals surface area contributed by atoms with Crippen LogP contribution in [0.25, 0.3) is 22.8 Å². The maximum Gasteiger partial charge on any atom is 0.230 e. The first-order chi connectivity index (χ1) is 12.8. The first-order valence-corrected chi connectivity index (χ1v) is 8.28. The molecule has 3 aromatic carbocycles. The van der Waals surface area contributed by atoms with Crippen molar-refractivity contribution in [2.45, 2.75) is 0 Å². The third-order valence-electron chi connectivity index (χ3n) is 3.94. The van der Waals surface area contributed by atoms with E-state index in [2.05, 4.69) is 15.0 Å². The number of nitrogens with zero attached hydrogens (tertiary/aromatic N) is 3. The number of aromatic nitrogens is 3. The Morgan fingerprint density at radius 1 is 0.538 bits per heavy atom. The summed E-state index contributed by atoms with van der Waals surface area (Å²) < 4.78 is 0. The summed E-state index contributed by atoms with van der Waals surface area (Å²) >= 11 is 0. The van der Waals surface area contributed by atoms with E-state index in [1.807, 2.05) is 78.9 Å². The van der Waals surface area contributed by atoms with Gasteiger partial charge in [0.05, 0.1) is 0 Å². The molecule has 0 saturated heterocycles. The Bertz CT molecular complexity index is 975. The van der Waals surface area contributed by atoms with Gasteiger partial charge in [0, 0.05) is 16.7 Å². The molecule has 0 spiro atoms. The van der Waals surface area contributed by atoms with Crippen molar-refractivity contribution in [2.24, 2.45) is 0 Å². The molecule has 4 rings (SSSR count). The van der Waals surface area contributed by atoms with E-state index in [0.717, 1.165) is 11.1 Å². The Morgan fingerprint density at radius 2 is 0.962 bits per heavy atom. The first kappa shape index (κ1) is 15.8. The van der Waals surface area contributed by atoms with Crippen LogP contribution in [0.15, 0.2) is 91.0 Å². The minimum absolute atomic E-state index is 0.143. The standard InChI is InChI=1S/C22H15N3O/c26-19(16-10-4-1-5-11-16)22-24-20(17-12-6-2-7-13-17)23-21(25-22)18-14-8-3-9-15-18/h1-15H. The highest BCUT2D eigenvalue weighted by Crippen LogP contribution is 2.21. The van der Waals surface area contributed by atoms with Crippen LogP contribution >= 0.6 is 0 Å². The van der Waals surface area contributed by atoms with Crippen molar-refractivity contribution in [3.63, 3.8) is 0 Å². The van der Waals surface area contributed by atoms with E-state index >= 15 is 0 Å². The molecule has 1 heterocycles. The van der Waals surface area contributed by atoms with Crippen LogP contribution in [-0.4, -0.2) is 20.7 Å². The van der Waals surface area contributed by atoms with Crippen molar-refractivity contribution >= 4 is 5.78 Å². The van der Waals surface area contributed by atoms with Gasteiger partial charge in [0.15, 0.2) is 11.6 Å². The van der Waals surface area contributed by atoms with Crippen LogP contribution < -0.4 is 0 Å². The SMILES string of the molecule is O=C(c1ccccc1)c1nc(-c2ccccc2)nc(-c2ccccc2)n1. The van der Waals surface area contributed by atoms with E-state index in [0.29, 0.717) is 17.2 Å². The first-order valence-electron chi connectivity index (χ1n) is 8.28. The second kappa shape index (κ2) is 7.07. The van der Waals surface area contributed by atoms with Crippen LogP contribution in [0.5, 0.6) is 0 Å². The summed E-state index contributed by atoms with van der Waals surface area (Å²) in [7, 11) is 0. The molecule has 0 aliphatic carbocycles. The van der Waals surface area contributed by atoms with Crippen molar-refractivity contribution < 1.29 is 4.79 Å². The van der Waals surface area contributed by atoms with Gasteiger partial charge in [-0.25, -0.2) is 15.0 Å². The highest BCUT2D eigenvalue weighted by Gasteiger charge is 2.17. The Kier molecular flexibility index (Phi) is 4.31. The van der Waals surface area contributed by atoms with E-state index in [1.165, 1.54) is 0 Å². The Hall–Kier alpha value is -3.66. The number of hydrogen-bond donors (Lipinski definition) is 0. The Morgan fingerprint density at radius 3 is 1.42 bits per heavy atom. The summed E-state index contributed by atoms with van der Waals surface area (Å²) in [5, 5.41) is 0. The van der Waals surface area contributed by atoms with Gasteiger partial charge in [-0.05, 0) is 0 Å². The zero-order valence-corrected chi connectivity index (χ0v) is 13.9. The lowest BCUT2D eigenvalue weighted by atomic mass is 10.1. The largest absolute Gasteiger partial charge is 0.285 e. The number of carbonyl (C=O) groups is 1. The molecule has 1 aromatic heterocycles. The van der Waals surface area contributed by atoms with Gasteiger partial charge in [-0.15, -0.1) is 0 Å². The van der Waals surface area contributed by atoms with Crippen LogP contribution in [0, 0.1) is 0 Å². The fraction of sp³-hybridized carbons (Fsp3) is 0. The van der Waals surface area contributed by atoms with Crippen molar-refractivity contribution in [3.05, 3.63) is 102 Å². The lowest BCUT2D eigenvalue weighted by Crippen LogP contribution is -2.10. The van der Waals surface area contributed by atoms with Crippen molar-refractivity contribution in [1.29, 1.82) is 0 Å². The number of benzene rings is 3. The molecule has 4 aromatic rings. The highest BCUT2D eigenvalue weighted by molar-refractivity contribution is 6.06. The third kappa shape index (κ3) is 3.26. The number of rotatable bonds is 4. The molecule has 0 amide bonds. The number of ketones is 1. The molecule has 26 heavy (non-hydrogen) atoms. The normalized spacial score (nSPS) is 10.5. The van der Waals surface area contributed by atoms with E-state index in [-0.39, 0.29) is 11.6 Å². The van der Waals surface area contributed by atoms with Crippen molar-refractivity contribution in [2.75, 3.05) is 0 Å². The third-order valence-corrected chi connectivity index (χ3v) is 3.94.